The van der Waals surface area contributed by atoms with Crippen molar-refractivity contribution in [1.82, 2.24) is 24.7 Å². The van der Waals surface area contributed by atoms with Gasteiger partial charge < -0.3 is 20.3 Å². The van der Waals surface area contributed by atoms with Gasteiger partial charge in [0.15, 0.2) is 0 Å². The number of anilines is 1. The molecule has 0 aliphatic carbocycles. The Kier molecular flexibility index (Phi) is 12.0. The van der Waals surface area contributed by atoms with E-state index in [0.717, 1.165) is 32.9 Å². The molecule has 1 fully saturated rings. The van der Waals surface area contributed by atoms with Gasteiger partial charge in [-0.05, 0) is 63.1 Å². The van der Waals surface area contributed by atoms with Crippen LogP contribution < -0.4 is 26.8 Å². The number of alkyl halides is 3. The molecule has 2 N–H and O–H groups in total. The molecule has 15 heteroatoms. The van der Waals surface area contributed by atoms with Crippen LogP contribution in [-0.4, -0.2) is 64.9 Å². The van der Waals surface area contributed by atoms with Crippen LogP contribution in [0.1, 0.15) is 65.1 Å². The van der Waals surface area contributed by atoms with Crippen LogP contribution >= 0.6 is 0 Å². The second-order valence-electron chi connectivity index (χ2n) is 14.1. The molecule has 0 unspecified atom stereocenters. The molecule has 0 bridgehead atoms. The number of amides is 2. The highest BCUT2D eigenvalue weighted by atomic mass is 19.4. The van der Waals surface area contributed by atoms with Crippen LogP contribution in [0.25, 0.3) is 0 Å². The van der Waals surface area contributed by atoms with E-state index in [-0.39, 0.29) is 17.3 Å². The third-order valence-electron chi connectivity index (χ3n) is 9.17. The molecular weight excluding hydrogens is 708 g/mol. The van der Waals surface area contributed by atoms with Crippen molar-refractivity contribution in [1.29, 1.82) is 0 Å². The molecule has 4 aromatic rings. The number of halogens is 4. The maximum absolute atomic E-state index is 15.2. The third-order valence-corrected chi connectivity index (χ3v) is 9.17. The number of carbonyl (C=O) groups is 2. The first kappa shape index (κ1) is 39.8. The first-order valence-electron chi connectivity index (χ1n) is 17.5. The molecule has 288 valence electrons. The molecule has 54 heavy (non-hydrogen) atoms. The summed E-state index contributed by atoms with van der Waals surface area (Å²) in [4.78, 5) is 57.8. The monoisotopic (exact) mass is 752 g/mol. The van der Waals surface area contributed by atoms with Gasteiger partial charge in [-0.25, -0.2) is 14.0 Å². The lowest BCUT2D eigenvalue weighted by atomic mass is 10.1. The van der Waals surface area contributed by atoms with Crippen LogP contribution in [0.5, 0.6) is 0 Å². The Morgan fingerprint density at radius 3 is 2.17 bits per heavy atom. The Bertz CT molecular complexity index is 2100. The van der Waals surface area contributed by atoms with E-state index in [0.29, 0.717) is 43.9 Å². The maximum Gasteiger partial charge on any atom is 0.416 e. The number of nitrogens with zero attached hydrogens (tertiary/aromatic N) is 4. The van der Waals surface area contributed by atoms with E-state index in [1.54, 1.807) is 81.2 Å². The Morgan fingerprint density at radius 1 is 0.870 bits per heavy atom. The predicted octanol–water partition coefficient (Wildman–Crippen LogP) is 5.47. The SMILES string of the molecule is CNC(=O)c1cccc(CN2CCN(c3c(C)n(Cc4c(F)cccc4C(F)(F)F)c(=O)n(C[C@H](NC(=O)OC(C)(C)C)c4ccccc4)c3=O)CC2)c1. The number of alkyl carbamates (subject to hydrolysis) is 1. The van der Waals surface area contributed by atoms with E-state index < -0.39 is 65.2 Å². The Balaban J connectivity index is 1.56. The number of ether oxygens (including phenoxy) is 1. The Hall–Kier alpha value is -5.44. The topological polar surface area (TPSA) is 118 Å². The number of nitrogens with one attached hydrogen (secondary N) is 2. The molecule has 1 saturated heterocycles. The van der Waals surface area contributed by atoms with Gasteiger partial charge in [-0.1, -0.05) is 48.5 Å². The van der Waals surface area contributed by atoms with Gasteiger partial charge >= 0.3 is 18.0 Å². The summed E-state index contributed by atoms with van der Waals surface area (Å²) >= 11 is 0. The molecule has 0 radical (unpaired) electrons. The van der Waals surface area contributed by atoms with Crippen molar-refractivity contribution < 1.29 is 31.9 Å². The zero-order valence-electron chi connectivity index (χ0n) is 30.8. The van der Waals surface area contributed by atoms with Crippen molar-refractivity contribution >= 4 is 17.7 Å². The molecule has 0 spiro atoms. The summed E-state index contributed by atoms with van der Waals surface area (Å²) in [6.07, 6.45) is -5.73. The van der Waals surface area contributed by atoms with Gasteiger partial charge in [-0.3, -0.25) is 23.6 Å². The standard InChI is InChI=1S/C39H44F4N6O5/c1-25-33(47-19-17-46(18-20-47)22-26-11-9-14-28(21-26)34(50)44-5)35(51)49(24-32(27-12-7-6-8-13-27)45-36(52)54-38(2,3)4)37(53)48(25)23-29-30(39(41,42)43)15-10-16-31(29)40/h6-16,21,32H,17-20,22-24H2,1-5H3,(H,44,50)(H,45,52)/t32-/m0/s1. The van der Waals surface area contributed by atoms with E-state index in [1.165, 1.54) is 6.92 Å². The number of aromatic nitrogens is 2. The third kappa shape index (κ3) is 9.37. The Labute approximate surface area is 310 Å². The Morgan fingerprint density at radius 2 is 1.54 bits per heavy atom. The average Bonchev–Trinajstić information content (AvgIpc) is 3.11. The van der Waals surface area contributed by atoms with Crippen molar-refractivity contribution in [3.05, 3.63) is 133 Å². The van der Waals surface area contributed by atoms with Crippen molar-refractivity contribution in [3.63, 3.8) is 0 Å². The molecular formula is C39H44F4N6O5. The first-order chi connectivity index (χ1) is 25.5. The second kappa shape index (κ2) is 16.3. The molecule has 5 rings (SSSR count). The summed E-state index contributed by atoms with van der Waals surface area (Å²) in [6, 6.07) is 17.4. The van der Waals surface area contributed by atoms with Crippen LogP contribution in [0, 0.1) is 12.7 Å². The highest BCUT2D eigenvalue weighted by Gasteiger charge is 2.35. The minimum atomic E-state index is -4.92. The minimum Gasteiger partial charge on any atom is -0.444 e. The van der Waals surface area contributed by atoms with Crippen molar-refractivity contribution in [2.45, 2.75) is 65.1 Å². The van der Waals surface area contributed by atoms with Crippen LogP contribution in [0.4, 0.5) is 28.0 Å². The quantitative estimate of drug-likeness (QED) is 0.207. The molecule has 1 aromatic heterocycles. The molecule has 2 amide bonds. The second-order valence-corrected chi connectivity index (χ2v) is 14.1. The summed E-state index contributed by atoms with van der Waals surface area (Å²) in [6.45, 7) is 7.38. The van der Waals surface area contributed by atoms with Gasteiger partial charge in [0, 0.05) is 56.6 Å². The molecule has 3 aromatic carbocycles. The zero-order chi connectivity index (χ0) is 39.4. The van der Waals surface area contributed by atoms with E-state index >= 15 is 4.39 Å². The fourth-order valence-electron chi connectivity index (χ4n) is 6.54. The largest absolute Gasteiger partial charge is 0.444 e. The van der Waals surface area contributed by atoms with Crippen LogP contribution in [-0.2, 0) is 30.5 Å². The molecule has 0 saturated carbocycles. The number of rotatable bonds is 10. The molecule has 1 aliphatic rings. The normalized spacial score (nSPS) is 14.4. The van der Waals surface area contributed by atoms with Gasteiger partial charge in [-0.15, -0.1) is 0 Å². The van der Waals surface area contributed by atoms with Gasteiger partial charge in [0.2, 0.25) is 0 Å². The van der Waals surface area contributed by atoms with Crippen LogP contribution in [0.2, 0.25) is 0 Å². The average molecular weight is 753 g/mol. The van der Waals surface area contributed by atoms with Crippen LogP contribution in [0.15, 0.2) is 82.4 Å². The van der Waals surface area contributed by atoms with Crippen molar-refractivity contribution in [3.8, 4) is 0 Å². The predicted molar refractivity (Wildman–Crippen MR) is 196 cm³/mol. The zero-order valence-corrected chi connectivity index (χ0v) is 30.8. The first-order valence-corrected chi connectivity index (χ1v) is 17.5. The lowest BCUT2D eigenvalue weighted by Gasteiger charge is -2.37. The van der Waals surface area contributed by atoms with Gasteiger partial charge in [0.25, 0.3) is 11.5 Å². The summed E-state index contributed by atoms with van der Waals surface area (Å²) in [5, 5.41) is 5.34. The summed E-state index contributed by atoms with van der Waals surface area (Å²) in [5.74, 6) is -1.37. The molecule has 1 aliphatic heterocycles. The highest BCUT2D eigenvalue weighted by Crippen LogP contribution is 2.34. The number of benzene rings is 3. The summed E-state index contributed by atoms with van der Waals surface area (Å²) in [5.41, 5.74) is -2.43. The summed E-state index contributed by atoms with van der Waals surface area (Å²) in [7, 11) is 1.55. The van der Waals surface area contributed by atoms with E-state index in [4.69, 9.17) is 4.74 Å². The molecule has 11 nitrogen and oxygen atoms in total. The van der Waals surface area contributed by atoms with E-state index in [2.05, 4.69) is 15.5 Å². The number of piperazine rings is 1. The fraction of sp³-hybridized carbons (Fsp3) is 0.385. The van der Waals surface area contributed by atoms with E-state index in [1.807, 2.05) is 6.07 Å². The lowest BCUT2D eigenvalue weighted by molar-refractivity contribution is -0.138. The fourth-order valence-corrected chi connectivity index (χ4v) is 6.54. The van der Waals surface area contributed by atoms with Gasteiger partial charge in [0.05, 0.1) is 24.7 Å². The van der Waals surface area contributed by atoms with Gasteiger partial charge in [-0.2, -0.15) is 13.2 Å². The molecule has 1 atom stereocenters. The highest BCUT2D eigenvalue weighted by molar-refractivity contribution is 5.94. The number of hydrogen-bond acceptors (Lipinski definition) is 7. The van der Waals surface area contributed by atoms with Gasteiger partial charge in [0.1, 0.15) is 17.1 Å². The maximum atomic E-state index is 15.2. The van der Waals surface area contributed by atoms with Crippen LogP contribution in [0.3, 0.4) is 0 Å². The van der Waals surface area contributed by atoms with Crippen molar-refractivity contribution in [2.75, 3.05) is 38.1 Å². The smallest absolute Gasteiger partial charge is 0.416 e. The summed E-state index contributed by atoms with van der Waals surface area (Å²) < 4.78 is 64.9. The van der Waals surface area contributed by atoms with E-state index in [9.17, 15) is 32.3 Å². The van der Waals surface area contributed by atoms with Crippen molar-refractivity contribution in [2.24, 2.45) is 0 Å². The lowest BCUT2D eigenvalue weighted by Crippen LogP contribution is -2.51. The number of hydrogen-bond donors (Lipinski definition) is 2. The minimum absolute atomic E-state index is 0.0701. The number of carbonyl (C=O) groups excluding carboxylic acids is 2. The molecule has 2 heterocycles.